The number of fused-ring (bicyclic) bond motifs is 3. The number of hydrogen-bond acceptors (Lipinski definition) is 5. The fraction of sp³-hybridized carbons (Fsp3) is 0.211. The molecule has 1 fully saturated rings. The van der Waals surface area contributed by atoms with Gasteiger partial charge in [0.2, 0.25) is 5.91 Å². The summed E-state index contributed by atoms with van der Waals surface area (Å²) in [5, 5.41) is 2.08. The summed E-state index contributed by atoms with van der Waals surface area (Å²) in [5.41, 5.74) is 5.62. The third-order valence-electron chi connectivity index (χ3n) is 4.46. The van der Waals surface area contributed by atoms with Crippen LogP contribution in [-0.2, 0) is 32.1 Å². The van der Waals surface area contributed by atoms with Crippen LogP contribution in [0.5, 0.6) is 0 Å². The average molecular weight is 337 g/mol. The topological polar surface area (TPSA) is 81.7 Å². The van der Waals surface area contributed by atoms with Gasteiger partial charge in [-0.3, -0.25) is 14.9 Å². The maximum atomic E-state index is 11.8. The number of benzene rings is 2. The lowest BCUT2D eigenvalue weighted by atomic mass is 10.0. The van der Waals surface area contributed by atoms with Gasteiger partial charge >= 0.3 is 6.16 Å². The van der Waals surface area contributed by atoms with Crippen LogP contribution in [0.4, 0.5) is 4.79 Å². The van der Waals surface area contributed by atoms with E-state index in [9.17, 15) is 14.4 Å². The number of carbonyl (C=O) groups is 3. The third-order valence-corrected chi connectivity index (χ3v) is 4.46. The zero-order chi connectivity index (χ0) is 17.4. The summed E-state index contributed by atoms with van der Waals surface area (Å²) < 4.78 is 10.0. The summed E-state index contributed by atoms with van der Waals surface area (Å²) in [6, 6.07) is 14.1. The second-order valence-electron chi connectivity index (χ2n) is 6.04. The summed E-state index contributed by atoms with van der Waals surface area (Å²) in [5.74, 6) is -1.07. The Morgan fingerprint density at radius 1 is 1.08 bits per heavy atom. The molecule has 1 heterocycles. The maximum Gasteiger partial charge on any atom is 0.509 e. The lowest BCUT2D eigenvalue weighted by Gasteiger charge is -2.11. The third kappa shape index (κ3) is 2.87. The van der Waals surface area contributed by atoms with Crippen molar-refractivity contribution in [2.75, 3.05) is 0 Å². The van der Waals surface area contributed by atoms with Crippen molar-refractivity contribution in [1.29, 1.82) is 0 Å². The number of amides is 2. The number of carbonyl (C=O) groups excluding carboxylic acids is 3. The fourth-order valence-electron chi connectivity index (χ4n) is 3.27. The number of hydrogen-bond donors (Lipinski definition) is 1. The molecule has 0 saturated carbocycles. The first-order chi connectivity index (χ1) is 12.1. The van der Waals surface area contributed by atoms with Gasteiger partial charge < -0.3 is 9.47 Å². The predicted molar refractivity (Wildman–Crippen MR) is 87.5 cm³/mol. The first-order valence-electron chi connectivity index (χ1n) is 7.98. The Balaban J connectivity index is 1.44. The van der Waals surface area contributed by atoms with E-state index in [0.717, 1.165) is 23.1 Å². The quantitative estimate of drug-likeness (QED) is 0.586. The lowest BCUT2D eigenvalue weighted by Crippen LogP contribution is -2.28. The van der Waals surface area contributed by atoms with Gasteiger partial charge in [-0.05, 0) is 34.2 Å². The van der Waals surface area contributed by atoms with Gasteiger partial charge in [0.1, 0.15) is 6.61 Å². The van der Waals surface area contributed by atoms with Crippen LogP contribution in [0.25, 0.3) is 11.1 Å². The van der Waals surface area contributed by atoms with Gasteiger partial charge in [-0.25, -0.2) is 4.79 Å². The molecule has 1 aliphatic heterocycles. The van der Waals surface area contributed by atoms with E-state index in [1.165, 1.54) is 11.1 Å². The van der Waals surface area contributed by atoms with Crippen LogP contribution < -0.4 is 5.32 Å². The van der Waals surface area contributed by atoms with Crippen molar-refractivity contribution in [3.05, 3.63) is 59.2 Å². The molecule has 6 heteroatoms. The summed E-state index contributed by atoms with van der Waals surface area (Å²) >= 11 is 0. The van der Waals surface area contributed by atoms with Crippen molar-refractivity contribution in [3.63, 3.8) is 0 Å². The number of nitrogens with one attached hydrogen (secondary N) is 1. The van der Waals surface area contributed by atoms with Crippen molar-refractivity contribution in [2.24, 2.45) is 0 Å². The molecule has 0 bridgehead atoms. The van der Waals surface area contributed by atoms with Crippen molar-refractivity contribution in [2.45, 2.75) is 25.6 Å². The van der Waals surface area contributed by atoms with E-state index in [4.69, 9.17) is 9.47 Å². The minimum atomic E-state index is -1.11. The van der Waals surface area contributed by atoms with E-state index in [-0.39, 0.29) is 13.0 Å². The van der Waals surface area contributed by atoms with Gasteiger partial charge in [0.05, 0.1) is 6.42 Å². The number of ether oxygens (including phenoxy) is 2. The molecule has 1 unspecified atom stereocenters. The SMILES string of the molecule is O=C1CC(OC(=O)OCc2cccc3c2Cc2ccccc2-3)C(=O)N1. The summed E-state index contributed by atoms with van der Waals surface area (Å²) in [6.45, 7) is 0.0538. The molecule has 2 aromatic rings. The molecule has 25 heavy (non-hydrogen) atoms. The highest BCUT2D eigenvalue weighted by molar-refractivity contribution is 6.05. The van der Waals surface area contributed by atoms with Crippen LogP contribution >= 0.6 is 0 Å². The van der Waals surface area contributed by atoms with E-state index in [2.05, 4.69) is 23.5 Å². The highest BCUT2D eigenvalue weighted by atomic mass is 16.7. The summed E-state index contributed by atoms with van der Waals surface area (Å²) in [6.07, 6.45) is -1.43. The molecule has 6 nitrogen and oxygen atoms in total. The minimum Gasteiger partial charge on any atom is -0.429 e. The minimum absolute atomic E-state index is 0.0538. The molecule has 2 aliphatic rings. The fourth-order valence-corrected chi connectivity index (χ4v) is 3.27. The molecule has 2 amide bonds. The Morgan fingerprint density at radius 3 is 2.68 bits per heavy atom. The van der Waals surface area contributed by atoms with Gasteiger partial charge in [-0.2, -0.15) is 0 Å². The van der Waals surface area contributed by atoms with Crippen LogP contribution in [-0.4, -0.2) is 24.1 Å². The number of imide groups is 1. The first kappa shape index (κ1) is 15.4. The summed E-state index contributed by atoms with van der Waals surface area (Å²) in [7, 11) is 0. The Bertz CT molecular complexity index is 889. The molecule has 126 valence electrons. The van der Waals surface area contributed by atoms with Crippen LogP contribution in [0, 0.1) is 0 Å². The molecule has 0 aromatic heterocycles. The van der Waals surface area contributed by atoms with Crippen LogP contribution in [0.15, 0.2) is 42.5 Å². The predicted octanol–water partition coefficient (Wildman–Crippen LogP) is 2.33. The van der Waals surface area contributed by atoms with Gasteiger partial charge in [0.25, 0.3) is 5.91 Å². The highest BCUT2D eigenvalue weighted by Crippen LogP contribution is 2.38. The molecule has 1 aliphatic carbocycles. The largest absolute Gasteiger partial charge is 0.509 e. The van der Waals surface area contributed by atoms with Gasteiger partial charge in [-0.15, -0.1) is 0 Å². The van der Waals surface area contributed by atoms with E-state index in [0.29, 0.717) is 0 Å². The molecule has 1 atom stereocenters. The van der Waals surface area contributed by atoms with E-state index >= 15 is 0 Å². The molecule has 0 spiro atoms. The van der Waals surface area contributed by atoms with Crippen molar-refractivity contribution < 1.29 is 23.9 Å². The van der Waals surface area contributed by atoms with Crippen molar-refractivity contribution in [3.8, 4) is 11.1 Å². The lowest BCUT2D eigenvalue weighted by molar-refractivity contribution is -0.128. The first-order valence-corrected chi connectivity index (χ1v) is 7.98. The maximum absolute atomic E-state index is 11.8. The highest BCUT2D eigenvalue weighted by Gasteiger charge is 2.34. The monoisotopic (exact) mass is 337 g/mol. The normalized spacial score (nSPS) is 17.7. The van der Waals surface area contributed by atoms with Crippen molar-refractivity contribution >= 4 is 18.0 Å². The van der Waals surface area contributed by atoms with Crippen LogP contribution in [0.3, 0.4) is 0 Å². The summed E-state index contributed by atoms with van der Waals surface area (Å²) in [4.78, 5) is 34.3. The number of rotatable bonds is 3. The zero-order valence-electron chi connectivity index (χ0n) is 13.3. The average Bonchev–Trinajstić information content (AvgIpc) is 3.13. The Hall–Kier alpha value is -3.15. The van der Waals surface area contributed by atoms with Gasteiger partial charge in [-0.1, -0.05) is 42.5 Å². The molecule has 4 rings (SSSR count). The van der Waals surface area contributed by atoms with E-state index in [1.54, 1.807) is 0 Å². The van der Waals surface area contributed by atoms with Crippen LogP contribution in [0.1, 0.15) is 23.1 Å². The molecular weight excluding hydrogens is 322 g/mol. The van der Waals surface area contributed by atoms with E-state index in [1.807, 2.05) is 24.3 Å². The Kier molecular flexibility index (Phi) is 3.72. The van der Waals surface area contributed by atoms with Crippen molar-refractivity contribution in [1.82, 2.24) is 5.32 Å². The molecule has 0 radical (unpaired) electrons. The van der Waals surface area contributed by atoms with Crippen LogP contribution in [0.2, 0.25) is 0 Å². The Morgan fingerprint density at radius 2 is 1.88 bits per heavy atom. The molecule has 2 aromatic carbocycles. The standard InChI is InChI=1S/C19H15NO5/c21-17-9-16(18(22)20-17)25-19(23)24-10-12-5-3-7-14-13-6-2-1-4-11(13)8-15(12)14/h1-7,16H,8-10H2,(H,20,21,22). The van der Waals surface area contributed by atoms with Gasteiger partial charge in [0, 0.05) is 0 Å². The molecular formula is C19H15NO5. The molecule has 1 saturated heterocycles. The Labute approximate surface area is 143 Å². The second-order valence-corrected chi connectivity index (χ2v) is 6.04. The van der Waals surface area contributed by atoms with E-state index < -0.39 is 24.1 Å². The second kappa shape index (κ2) is 6.05. The smallest absolute Gasteiger partial charge is 0.429 e. The zero-order valence-corrected chi connectivity index (χ0v) is 13.3. The molecule has 1 N–H and O–H groups in total. The van der Waals surface area contributed by atoms with Gasteiger partial charge in [0.15, 0.2) is 6.10 Å².